The van der Waals surface area contributed by atoms with E-state index in [1.165, 1.54) is 23.0 Å². The third kappa shape index (κ3) is 5.26. The average molecular weight is 401 g/mol. The summed E-state index contributed by atoms with van der Waals surface area (Å²) in [4.78, 5) is 7.83. The summed E-state index contributed by atoms with van der Waals surface area (Å²) in [6.45, 7) is -0.656. The Bertz CT molecular complexity index is 986. The van der Waals surface area contributed by atoms with E-state index < -0.39 is 22.5 Å². The van der Waals surface area contributed by atoms with Crippen LogP contribution < -0.4 is 9.04 Å². The molecule has 2 aromatic carbocycles. The molecule has 0 bridgehead atoms. The molecule has 0 atom stereocenters. The van der Waals surface area contributed by atoms with Crippen LogP contribution in [0.1, 0.15) is 11.1 Å². The number of halogens is 1. The first kappa shape index (κ1) is 19.8. The minimum atomic E-state index is -3.85. The minimum Gasteiger partial charge on any atom is -0.489 e. The van der Waals surface area contributed by atoms with Gasteiger partial charge in [0.1, 0.15) is 25.4 Å². The molecule has 0 radical (unpaired) electrons. The second-order valence-corrected chi connectivity index (χ2v) is 8.04. The number of anilines is 1. The molecule has 146 valence electrons. The lowest BCUT2D eigenvalue weighted by Gasteiger charge is -2.24. The molecule has 6 nitrogen and oxygen atoms in total. The van der Waals surface area contributed by atoms with Gasteiger partial charge < -0.3 is 4.74 Å². The molecular formula is C20H20FN3O3S. The Balaban J connectivity index is 1.85. The highest BCUT2D eigenvalue weighted by molar-refractivity contribution is 7.92. The molecule has 0 fully saturated rings. The predicted molar refractivity (Wildman–Crippen MR) is 105 cm³/mol. The summed E-state index contributed by atoms with van der Waals surface area (Å²) in [5.74, 6) is 0.127. The zero-order chi connectivity index (χ0) is 19.8. The highest BCUT2D eigenvalue weighted by atomic mass is 32.2. The summed E-state index contributed by atoms with van der Waals surface area (Å²) in [7, 11) is -3.85. The van der Waals surface area contributed by atoms with Crippen LogP contribution in [0.4, 0.5) is 10.1 Å². The van der Waals surface area contributed by atoms with Gasteiger partial charge in [-0.1, -0.05) is 30.3 Å². The van der Waals surface area contributed by atoms with E-state index in [0.717, 1.165) is 11.3 Å². The molecule has 0 aliphatic rings. The maximum Gasteiger partial charge on any atom is 0.238 e. The molecule has 0 amide bonds. The normalized spacial score (nSPS) is 11.2. The monoisotopic (exact) mass is 401 g/mol. The average Bonchev–Trinajstić information content (AvgIpc) is 2.72. The van der Waals surface area contributed by atoms with Crippen molar-refractivity contribution in [1.29, 1.82) is 0 Å². The molecule has 28 heavy (non-hydrogen) atoms. The van der Waals surface area contributed by atoms with Gasteiger partial charge in [-0.15, -0.1) is 0 Å². The van der Waals surface area contributed by atoms with Crippen LogP contribution in [0, 0.1) is 0 Å². The number of nitrogens with zero attached hydrogens (tertiary/aromatic N) is 3. The van der Waals surface area contributed by atoms with E-state index in [-0.39, 0.29) is 13.2 Å². The molecule has 0 aliphatic heterocycles. The molecule has 1 aromatic heterocycles. The Labute approximate surface area is 163 Å². The van der Waals surface area contributed by atoms with Crippen molar-refractivity contribution >= 4 is 15.7 Å². The standard InChI is InChI=1S/C20H20FN3O3S/c21-9-10-28(25,26)24(14-18-12-22-16-23-13-18)19-6-4-5-17(11-19)15-27-20-7-2-1-3-8-20/h1-8,11-13,16H,9-10,14-15H2. The second kappa shape index (κ2) is 9.27. The van der Waals surface area contributed by atoms with Crippen LogP contribution in [-0.4, -0.2) is 30.8 Å². The lowest BCUT2D eigenvalue weighted by molar-refractivity contribution is 0.306. The number of alkyl halides is 1. The van der Waals surface area contributed by atoms with E-state index in [4.69, 9.17) is 4.74 Å². The van der Waals surface area contributed by atoms with Crippen molar-refractivity contribution in [3.8, 4) is 5.75 Å². The van der Waals surface area contributed by atoms with Gasteiger partial charge in [-0.05, 0) is 29.8 Å². The molecule has 0 saturated carbocycles. The Morgan fingerprint density at radius 1 is 0.964 bits per heavy atom. The van der Waals surface area contributed by atoms with E-state index >= 15 is 0 Å². The lowest BCUT2D eigenvalue weighted by atomic mass is 10.2. The van der Waals surface area contributed by atoms with Gasteiger partial charge in [0.2, 0.25) is 10.0 Å². The van der Waals surface area contributed by atoms with Gasteiger partial charge in [0.25, 0.3) is 0 Å². The van der Waals surface area contributed by atoms with Gasteiger partial charge in [-0.2, -0.15) is 0 Å². The highest BCUT2D eigenvalue weighted by Gasteiger charge is 2.23. The van der Waals surface area contributed by atoms with Gasteiger partial charge in [0.15, 0.2) is 0 Å². The Hall–Kier alpha value is -3.00. The number of ether oxygens (including phenoxy) is 1. The number of aromatic nitrogens is 2. The van der Waals surface area contributed by atoms with Crippen molar-refractivity contribution < 1.29 is 17.5 Å². The molecule has 0 aliphatic carbocycles. The van der Waals surface area contributed by atoms with E-state index in [0.29, 0.717) is 11.3 Å². The first-order valence-electron chi connectivity index (χ1n) is 8.65. The van der Waals surface area contributed by atoms with Crippen molar-refractivity contribution in [1.82, 2.24) is 9.97 Å². The number of hydrogen-bond acceptors (Lipinski definition) is 5. The van der Waals surface area contributed by atoms with E-state index in [9.17, 15) is 12.8 Å². The first-order chi connectivity index (χ1) is 13.6. The van der Waals surface area contributed by atoms with Crippen LogP contribution in [0.2, 0.25) is 0 Å². The fourth-order valence-corrected chi connectivity index (χ4v) is 3.82. The van der Waals surface area contributed by atoms with Crippen molar-refractivity contribution in [3.63, 3.8) is 0 Å². The summed E-state index contributed by atoms with van der Waals surface area (Å²) < 4.78 is 45.0. The minimum absolute atomic E-state index is 0.0200. The van der Waals surface area contributed by atoms with E-state index in [1.54, 1.807) is 18.2 Å². The number of sulfonamides is 1. The Kier molecular flexibility index (Phi) is 6.54. The number of rotatable bonds is 9. The third-order valence-electron chi connectivity index (χ3n) is 3.96. The van der Waals surface area contributed by atoms with Gasteiger partial charge in [-0.3, -0.25) is 4.31 Å². The van der Waals surface area contributed by atoms with Crippen LogP contribution in [0.5, 0.6) is 5.75 Å². The van der Waals surface area contributed by atoms with Crippen LogP contribution in [0.3, 0.4) is 0 Å². The molecule has 0 saturated heterocycles. The SMILES string of the molecule is O=S(=O)(CCF)N(Cc1cncnc1)c1cccc(COc2ccccc2)c1. The van der Waals surface area contributed by atoms with Gasteiger partial charge in [0, 0.05) is 18.0 Å². The molecule has 8 heteroatoms. The number of benzene rings is 2. The van der Waals surface area contributed by atoms with E-state index in [1.807, 2.05) is 36.4 Å². The third-order valence-corrected chi connectivity index (χ3v) is 5.64. The summed E-state index contributed by atoms with van der Waals surface area (Å²) in [5, 5.41) is 0. The van der Waals surface area contributed by atoms with Crippen molar-refractivity contribution in [2.45, 2.75) is 13.2 Å². The van der Waals surface area contributed by atoms with Gasteiger partial charge in [0.05, 0.1) is 18.0 Å². The quantitative estimate of drug-likeness (QED) is 0.550. The van der Waals surface area contributed by atoms with Crippen molar-refractivity contribution in [3.05, 3.63) is 84.4 Å². The molecule has 0 unspecified atom stereocenters. The zero-order valence-corrected chi connectivity index (χ0v) is 15.9. The van der Waals surface area contributed by atoms with Crippen LogP contribution in [0.15, 0.2) is 73.3 Å². The van der Waals surface area contributed by atoms with Gasteiger partial charge in [-0.25, -0.2) is 22.8 Å². The second-order valence-electron chi connectivity index (χ2n) is 6.03. The molecular weight excluding hydrogens is 381 g/mol. The van der Waals surface area contributed by atoms with Crippen LogP contribution >= 0.6 is 0 Å². The fourth-order valence-electron chi connectivity index (χ4n) is 2.62. The fraction of sp³-hybridized carbons (Fsp3) is 0.200. The summed E-state index contributed by atoms with van der Waals surface area (Å²) in [6.07, 6.45) is 4.44. The van der Waals surface area contributed by atoms with Crippen molar-refractivity contribution in [2.75, 3.05) is 16.7 Å². The predicted octanol–water partition coefficient (Wildman–Crippen LogP) is 3.36. The number of para-hydroxylation sites is 1. The Morgan fingerprint density at radius 2 is 1.71 bits per heavy atom. The zero-order valence-electron chi connectivity index (χ0n) is 15.1. The number of hydrogen-bond donors (Lipinski definition) is 0. The molecule has 0 N–H and O–H groups in total. The molecule has 3 rings (SSSR count). The molecule has 0 spiro atoms. The summed E-state index contributed by atoms with van der Waals surface area (Å²) in [5.41, 5.74) is 1.84. The highest BCUT2D eigenvalue weighted by Crippen LogP contribution is 2.23. The van der Waals surface area contributed by atoms with Crippen molar-refractivity contribution in [2.24, 2.45) is 0 Å². The van der Waals surface area contributed by atoms with Crippen LogP contribution in [-0.2, 0) is 23.2 Å². The maximum absolute atomic E-state index is 12.8. The topological polar surface area (TPSA) is 72.4 Å². The van der Waals surface area contributed by atoms with E-state index in [2.05, 4.69) is 9.97 Å². The maximum atomic E-state index is 12.8. The lowest BCUT2D eigenvalue weighted by Crippen LogP contribution is -2.33. The first-order valence-corrected chi connectivity index (χ1v) is 10.3. The van der Waals surface area contributed by atoms with Gasteiger partial charge >= 0.3 is 0 Å². The smallest absolute Gasteiger partial charge is 0.238 e. The Morgan fingerprint density at radius 3 is 2.43 bits per heavy atom. The largest absolute Gasteiger partial charge is 0.489 e. The summed E-state index contributed by atoms with van der Waals surface area (Å²) in [6, 6.07) is 16.3. The molecule has 1 heterocycles. The summed E-state index contributed by atoms with van der Waals surface area (Å²) >= 11 is 0. The van der Waals surface area contributed by atoms with Crippen LogP contribution in [0.25, 0.3) is 0 Å². The molecule has 3 aromatic rings.